The van der Waals surface area contributed by atoms with Crippen LogP contribution in [0.1, 0.15) is 23.2 Å². The molecule has 0 aliphatic rings. The lowest BCUT2D eigenvalue weighted by Crippen LogP contribution is -2.04. The van der Waals surface area contributed by atoms with Crippen LogP contribution in [0.4, 0.5) is 5.69 Å². The summed E-state index contributed by atoms with van der Waals surface area (Å²) in [4.78, 5) is 0. The maximum atomic E-state index is 9.01. The van der Waals surface area contributed by atoms with E-state index in [0.717, 1.165) is 30.8 Å². The SMILES string of the molecule is Cc1[nH]ncc1CCCNc1cc(Cl)ccc1C#N. The third-order valence-electron chi connectivity index (χ3n) is 2.97. The molecule has 98 valence electrons. The Balaban J connectivity index is 1.88. The lowest BCUT2D eigenvalue weighted by molar-refractivity contribution is 0.857. The normalized spacial score (nSPS) is 10.2. The number of aromatic amines is 1. The van der Waals surface area contributed by atoms with E-state index in [2.05, 4.69) is 21.6 Å². The Morgan fingerprint density at radius 2 is 2.32 bits per heavy atom. The van der Waals surface area contributed by atoms with E-state index in [9.17, 15) is 0 Å². The summed E-state index contributed by atoms with van der Waals surface area (Å²) in [5.74, 6) is 0. The number of anilines is 1. The molecule has 1 aromatic heterocycles. The predicted molar refractivity (Wildman–Crippen MR) is 76.3 cm³/mol. The van der Waals surface area contributed by atoms with Crippen LogP contribution in [-0.4, -0.2) is 16.7 Å². The van der Waals surface area contributed by atoms with Crippen molar-refractivity contribution in [2.75, 3.05) is 11.9 Å². The summed E-state index contributed by atoms with van der Waals surface area (Å²) in [5, 5.41) is 19.8. The molecule has 0 saturated heterocycles. The second-order valence-corrected chi connectivity index (χ2v) is 4.79. The number of nitriles is 1. The van der Waals surface area contributed by atoms with Gasteiger partial charge in [0, 0.05) is 17.3 Å². The highest BCUT2D eigenvalue weighted by atomic mass is 35.5. The Bertz CT molecular complexity index is 598. The molecule has 0 fully saturated rings. The molecule has 0 aliphatic carbocycles. The van der Waals surface area contributed by atoms with Gasteiger partial charge in [-0.1, -0.05) is 11.6 Å². The van der Waals surface area contributed by atoms with Crippen LogP contribution in [0.15, 0.2) is 24.4 Å². The smallest absolute Gasteiger partial charge is 0.101 e. The quantitative estimate of drug-likeness (QED) is 0.823. The molecule has 0 saturated carbocycles. The van der Waals surface area contributed by atoms with Crippen LogP contribution >= 0.6 is 11.6 Å². The summed E-state index contributed by atoms with van der Waals surface area (Å²) in [7, 11) is 0. The van der Waals surface area contributed by atoms with Crippen molar-refractivity contribution < 1.29 is 0 Å². The van der Waals surface area contributed by atoms with E-state index in [1.807, 2.05) is 13.1 Å². The number of aromatic nitrogens is 2. The molecule has 0 unspecified atom stereocenters. The van der Waals surface area contributed by atoms with E-state index in [1.165, 1.54) is 5.56 Å². The Labute approximate surface area is 117 Å². The van der Waals surface area contributed by atoms with Crippen molar-refractivity contribution >= 4 is 17.3 Å². The monoisotopic (exact) mass is 274 g/mol. The highest BCUT2D eigenvalue weighted by Gasteiger charge is 2.03. The van der Waals surface area contributed by atoms with Gasteiger partial charge in [-0.2, -0.15) is 10.4 Å². The van der Waals surface area contributed by atoms with Gasteiger partial charge in [-0.05, 0) is 43.5 Å². The summed E-state index contributed by atoms with van der Waals surface area (Å²) in [6.45, 7) is 2.81. The van der Waals surface area contributed by atoms with E-state index in [4.69, 9.17) is 16.9 Å². The number of hydrogen-bond donors (Lipinski definition) is 2. The zero-order chi connectivity index (χ0) is 13.7. The Morgan fingerprint density at radius 3 is 3.00 bits per heavy atom. The standard InChI is InChI=1S/C14H15ClN4/c1-10-12(9-18-19-10)3-2-6-17-14-7-13(15)5-4-11(14)8-16/h4-5,7,9,17H,2-3,6H2,1H3,(H,18,19). The van der Waals surface area contributed by atoms with Crippen LogP contribution in [0.5, 0.6) is 0 Å². The first-order chi connectivity index (χ1) is 9.20. The van der Waals surface area contributed by atoms with Crippen LogP contribution in [0.25, 0.3) is 0 Å². The summed E-state index contributed by atoms with van der Waals surface area (Å²) < 4.78 is 0. The maximum Gasteiger partial charge on any atom is 0.101 e. The first-order valence-corrected chi connectivity index (χ1v) is 6.51. The van der Waals surface area contributed by atoms with Crippen LogP contribution in [0.2, 0.25) is 5.02 Å². The molecule has 2 rings (SSSR count). The Morgan fingerprint density at radius 1 is 1.47 bits per heavy atom. The number of H-pyrrole nitrogens is 1. The van der Waals surface area contributed by atoms with Gasteiger partial charge in [0.2, 0.25) is 0 Å². The van der Waals surface area contributed by atoms with Crippen molar-refractivity contribution in [3.05, 3.63) is 46.2 Å². The molecule has 4 nitrogen and oxygen atoms in total. The van der Waals surface area contributed by atoms with E-state index in [1.54, 1.807) is 18.2 Å². The van der Waals surface area contributed by atoms with E-state index < -0.39 is 0 Å². The molecule has 0 spiro atoms. The number of rotatable bonds is 5. The van der Waals surface area contributed by atoms with Crippen molar-refractivity contribution in [1.29, 1.82) is 5.26 Å². The number of nitrogens with zero attached hydrogens (tertiary/aromatic N) is 2. The topological polar surface area (TPSA) is 64.5 Å². The van der Waals surface area contributed by atoms with Gasteiger partial charge in [-0.15, -0.1) is 0 Å². The molecule has 5 heteroatoms. The minimum Gasteiger partial charge on any atom is -0.384 e. The molecular formula is C14H15ClN4. The lowest BCUT2D eigenvalue weighted by Gasteiger charge is -2.08. The fourth-order valence-corrected chi connectivity index (χ4v) is 2.06. The van der Waals surface area contributed by atoms with Crippen molar-refractivity contribution in [2.24, 2.45) is 0 Å². The van der Waals surface area contributed by atoms with Gasteiger partial charge in [0.25, 0.3) is 0 Å². The first kappa shape index (κ1) is 13.4. The molecule has 0 bridgehead atoms. The fraction of sp³-hybridized carbons (Fsp3) is 0.286. The Hall–Kier alpha value is -1.99. The highest BCUT2D eigenvalue weighted by Crippen LogP contribution is 2.20. The summed E-state index contributed by atoms with van der Waals surface area (Å²) in [6.07, 6.45) is 3.78. The highest BCUT2D eigenvalue weighted by molar-refractivity contribution is 6.30. The third kappa shape index (κ3) is 3.49. The number of nitrogens with one attached hydrogen (secondary N) is 2. The second kappa shape index (κ2) is 6.26. The van der Waals surface area contributed by atoms with Crippen LogP contribution in [-0.2, 0) is 6.42 Å². The molecule has 0 radical (unpaired) electrons. The van der Waals surface area contributed by atoms with E-state index in [-0.39, 0.29) is 0 Å². The zero-order valence-corrected chi connectivity index (χ0v) is 11.5. The van der Waals surface area contributed by atoms with Gasteiger partial charge in [0.05, 0.1) is 17.4 Å². The third-order valence-corrected chi connectivity index (χ3v) is 3.21. The number of halogens is 1. The molecule has 0 aliphatic heterocycles. The minimum absolute atomic E-state index is 0.615. The Kier molecular flexibility index (Phi) is 4.43. The maximum absolute atomic E-state index is 9.01. The molecular weight excluding hydrogens is 260 g/mol. The average Bonchev–Trinajstić information content (AvgIpc) is 2.80. The van der Waals surface area contributed by atoms with Gasteiger partial charge >= 0.3 is 0 Å². The molecule has 0 atom stereocenters. The zero-order valence-electron chi connectivity index (χ0n) is 10.7. The van der Waals surface area contributed by atoms with Gasteiger partial charge in [-0.25, -0.2) is 0 Å². The van der Waals surface area contributed by atoms with Gasteiger partial charge in [0.15, 0.2) is 0 Å². The van der Waals surface area contributed by atoms with Gasteiger partial charge in [0.1, 0.15) is 6.07 Å². The van der Waals surface area contributed by atoms with Crippen LogP contribution in [0, 0.1) is 18.3 Å². The number of hydrogen-bond acceptors (Lipinski definition) is 3. The average molecular weight is 275 g/mol. The first-order valence-electron chi connectivity index (χ1n) is 6.13. The fourth-order valence-electron chi connectivity index (χ4n) is 1.89. The van der Waals surface area contributed by atoms with Gasteiger partial charge in [-0.3, -0.25) is 5.10 Å². The van der Waals surface area contributed by atoms with Crippen LogP contribution in [0.3, 0.4) is 0 Å². The van der Waals surface area contributed by atoms with Crippen molar-refractivity contribution in [3.63, 3.8) is 0 Å². The summed E-state index contributed by atoms with van der Waals surface area (Å²) >= 11 is 5.93. The molecule has 2 aromatic rings. The predicted octanol–water partition coefficient (Wildman–Crippen LogP) is 3.29. The number of benzene rings is 1. The summed E-state index contributed by atoms with van der Waals surface area (Å²) in [5.41, 5.74) is 3.75. The van der Waals surface area contributed by atoms with Crippen molar-refractivity contribution in [1.82, 2.24) is 10.2 Å². The molecule has 19 heavy (non-hydrogen) atoms. The minimum atomic E-state index is 0.615. The van der Waals surface area contributed by atoms with E-state index in [0.29, 0.717) is 10.6 Å². The second-order valence-electron chi connectivity index (χ2n) is 4.35. The lowest BCUT2D eigenvalue weighted by atomic mass is 10.1. The van der Waals surface area contributed by atoms with Crippen molar-refractivity contribution in [2.45, 2.75) is 19.8 Å². The molecule has 1 aromatic carbocycles. The molecule has 2 N–H and O–H groups in total. The summed E-state index contributed by atoms with van der Waals surface area (Å²) in [6, 6.07) is 7.38. The van der Waals surface area contributed by atoms with Crippen LogP contribution < -0.4 is 5.32 Å². The van der Waals surface area contributed by atoms with Gasteiger partial charge < -0.3 is 5.32 Å². The number of aryl methyl sites for hydroxylation is 2. The largest absolute Gasteiger partial charge is 0.384 e. The molecule has 1 heterocycles. The molecule has 0 amide bonds. The van der Waals surface area contributed by atoms with Crippen molar-refractivity contribution in [3.8, 4) is 6.07 Å². The van der Waals surface area contributed by atoms with E-state index >= 15 is 0 Å².